The third kappa shape index (κ3) is 3.87. The molecule has 0 unspecified atom stereocenters. The predicted molar refractivity (Wildman–Crippen MR) is 124 cm³/mol. The zero-order valence-corrected chi connectivity index (χ0v) is 18.4. The molecule has 162 valence electrons. The Hall–Kier alpha value is -3.35. The topological polar surface area (TPSA) is 76.3 Å². The van der Waals surface area contributed by atoms with Crippen molar-refractivity contribution >= 4 is 28.3 Å². The number of fused-ring (bicyclic) bond motifs is 1. The molecule has 0 bridgehead atoms. The number of anilines is 2. The second kappa shape index (κ2) is 8.06. The van der Waals surface area contributed by atoms with Gasteiger partial charge >= 0.3 is 11.1 Å². The Balaban J connectivity index is 1.86. The molecule has 1 aliphatic heterocycles. The molecule has 0 atom stereocenters. The van der Waals surface area contributed by atoms with E-state index in [9.17, 15) is 14.4 Å². The van der Waals surface area contributed by atoms with Crippen LogP contribution in [0.1, 0.15) is 35.7 Å². The molecule has 0 spiro atoms. The maximum absolute atomic E-state index is 13.0. The van der Waals surface area contributed by atoms with Gasteiger partial charge in [-0.3, -0.25) is 14.4 Å². The average Bonchev–Trinajstić information content (AvgIpc) is 2.76. The minimum atomic E-state index is -0.592. The fourth-order valence-electron chi connectivity index (χ4n) is 4.20. The van der Waals surface area contributed by atoms with Crippen LogP contribution in [0.15, 0.2) is 46.0 Å². The molecule has 1 aromatic heterocycles. The van der Waals surface area contributed by atoms with E-state index in [0.717, 1.165) is 37.2 Å². The van der Waals surface area contributed by atoms with Crippen molar-refractivity contribution in [2.24, 2.45) is 20.0 Å². The number of aromatic nitrogens is 2. The molecular formula is C24H28N4O3. The highest BCUT2D eigenvalue weighted by Gasteiger charge is 2.22. The maximum atomic E-state index is 13.0. The normalized spacial score (nSPS) is 14.8. The van der Waals surface area contributed by atoms with Crippen LogP contribution in [-0.4, -0.2) is 28.1 Å². The minimum absolute atomic E-state index is 0.204. The Morgan fingerprint density at radius 1 is 0.968 bits per heavy atom. The number of amides is 1. The molecule has 3 aromatic rings. The van der Waals surface area contributed by atoms with Crippen LogP contribution in [0.5, 0.6) is 0 Å². The highest BCUT2D eigenvalue weighted by atomic mass is 16.2. The smallest absolute Gasteiger partial charge is 0.316 e. The number of aryl methyl sites for hydroxylation is 3. The van der Waals surface area contributed by atoms with Crippen LogP contribution in [0.3, 0.4) is 0 Å². The zero-order chi connectivity index (χ0) is 22.3. The number of carbonyl (C=O) groups is 1. The van der Waals surface area contributed by atoms with Gasteiger partial charge in [-0.15, -0.1) is 0 Å². The highest BCUT2D eigenvalue weighted by molar-refractivity contribution is 6.07. The van der Waals surface area contributed by atoms with Crippen molar-refractivity contribution in [1.82, 2.24) is 9.13 Å². The molecule has 1 fully saturated rings. The van der Waals surface area contributed by atoms with Crippen molar-refractivity contribution in [2.75, 3.05) is 23.3 Å². The molecule has 2 aromatic carbocycles. The molecule has 1 aliphatic rings. The van der Waals surface area contributed by atoms with Gasteiger partial charge in [-0.2, -0.15) is 0 Å². The Bertz CT molecular complexity index is 1280. The van der Waals surface area contributed by atoms with Gasteiger partial charge in [0.1, 0.15) is 0 Å². The molecule has 0 saturated carbocycles. The maximum Gasteiger partial charge on any atom is 0.316 e. The van der Waals surface area contributed by atoms with E-state index in [0.29, 0.717) is 28.2 Å². The molecule has 1 amide bonds. The monoisotopic (exact) mass is 420 g/mol. The summed E-state index contributed by atoms with van der Waals surface area (Å²) in [7, 11) is 3.19. The Morgan fingerprint density at radius 3 is 2.19 bits per heavy atom. The summed E-state index contributed by atoms with van der Waals surface area (Å²) in [5.41, 5.74) is 3.20. The molecule has 1 saturated heterocycles. The van der Waals surface area contributed by atoms with Crippen LogP contribution in [0.2, 0.25) is 0 Å². The van der Waals surface area contributed by atoms with E-state index in [1.807, 2.05) is 31.2 Å². The molecule has 31 heavy (non-hydrogen) atoms. The van der Waals surface area contributed by atoms with E-state index in [-0.39, 0.29) is 5.91 Å². The van der Waals surface area contributed by atoms with Crippen molar-refractivity contribution < 1.29 is 4.79 Å². The van der Waals surface area contributed by atoms with Crippen molar-refractivity contribution in [1.29, 1.82) is 0 Å². The summed E-state index contributed by atoms with van der Waals surface area (Å²) < 4.78 is 2.74. The van der Waals surface area contributed by atoms with Gasteiger partial charge in [-0.1, -0.05) is 24.6 Å². The van der Waals surface area contributed by atoms with Gasteiger partial charge in [0.15, 0.2) is 0 Å². The number of nitrogens with zero attached hydrogens (tertiary/aromatic N) is 3. The predicted octanol–water partition coefficient (Wildman–Crippen LogP) is 3.03. The van der Waals surface area contributed by atoms with E-state index in [2.05, 4.69) is 17.1 Å². The number of benzene rings is 2. The molecule has 1 N–H and O–H groups in total. The van der Waals surface area contributed by atoms with Gasteiger partial charge in [-0.05, 0) is 49.9 Å². The summed E-state index contributed by atoms with van der Waals surface area (Å²) in [6, 6.07) is 11.2. The average molecular weight is 421 g/mol. The molecule has 7 nitrogen and oxygen atoms in total. The summed E-state index contributed by atoms with van der Waals surface area (Å²) in [5.74, 6) is 0.455. The lowest BCUT2D eigenvalue weighted by atomic mass is 9.98. The number of nitrogens with one attached hydrogen (secondary N) is 1. The summed E-state index contributed by atoms with van der Waals surface area (Å²) in [6.07, 6.45) is 2.13. The summed E-state index contributed by atoms with van der Waals surface area (Å²) in [6.45, 7) is 5.94. The second-order valence-corrected chi connectivity index (χ2v) is 8.58. The van der Waals surface area contributed by atoms with Crippen molar-refractivity contribution in [3.63, 3.8) is 0 Å². The first-order valence-electron chi connectivity index (χ1n) is 10.6. The van der Waals surface area contributed by atoms with Gasteiger partial charge in [0, 0.05) is 32.7 Å². The highest BCUT2D eigenvalue weighted by Crippen LogP contribution is 2.33. The van der Waals surface area contributed by atoms with Crippen LogP contribution in [0.25, 0.3) is 11.0 Å². The third-order valence-corrected chi connectivity index (χ3v) is 6.26. The number of carbonyl (C=O) groups excluding carboxylic acids is 1. The van der Waals surface area contributed by atoms with E-state index in [1.165, 1.54) is 9.13 Å². The van der Waals surface area contributed by atoms with Gasteiger partial charge in [-0.25, -0.2) is 0 Å². The molecule has 4 rings (SSSR count). The zero-order valence-electron chi connectivity index (χ0n) is 18.4. The lowest BCUT2D eigenvalue weighted by molar-refractivity contribution is 0.102. The second-order valence-electron chi connectivity index (χ2n) is 8.58. The quantitative estimate of drug-likeness (QED) is 0.661. The summed E-state index contributed by atoms with van der Waals surface area (Å²) in [4.78, 5) is 40.0. The fraction of sp³-hybridized carbons (Fsp3) is 0.375. The van der Waals surface area contributed by atoms with Crippen LogP contribution in [0, 0.1) is 12.8 Å². The largest absolute Gasteiger partial charge is 0.370 e. The minimum Gasteiger partial charge on any atom is -0.370 e. The first-order valence-corrected chi connectivity index (χ1v) is 10.6. The van der Waals surface area contributed by atoms with Crippen molar-refractivity contribution in [3.05, 3.63) is 68.2 Å². The number of piperidine rings is 1. The number of rotatable bonds is 3. The van der Waals surface area contributed by atoms with Crippen molar-refractivity contribution in [2.45, 2.75) is 26.7 Å². The van der Waals surface area contributed by atoms with Crippen molar-refractivity contribution in [3.8, 4) is 0 Å². The SMILES string of the molecule is Cc1cccc(C(=O)Nc2cc3c(cc2N2CCC(C)CC2)n(C)c(=O)c(=O)n3C)c1. The standard InChI is InChI=1S/C24H28N4O3/c1-15-8-10-28(11-9-15)19-14-21-20(26(3)23(30)24(31)27(21)4)13-18(19)25-22(29)17-7-5-6-16(2)12-17/h5-7,12-15H,8-11H2,1-4H3,(H,25,29). The van der Waals surface area contributed by atoms with E-state index in [4.69, 9.17) is 0 Å². The first kappa shape index (κ1) is 20.9. The van der Waals surface area contributed by atoms with E-state index in [1.54, 1.807) is 26.2 Å². The van der Waals surface area contributed by atoms with Crippen LogP contribution >= 0.6 is 0 Å². The molecular weight excluding hydrogens is 392 g/mol. The number of hydrogen-bond acceptors (Lipinski definition) is 4. The Kier molecular flexibility index (Phi) is 5.43. The molecule has 2 heterocycles. The van der Waals surface area contributed by atoms with Gasteiger partial charge in [0.05, 0.1) is 22.4 Å². The third-order valence-electron chi connectivity index (χ3n) is 6.26. The van der Waals surface area contributed by atoms with E-state index >= 15 is 0 Å². The lowest BCUT2D eigenvalue weighted by Gasteiger charge is -2.34. The lowest BCUT2D eigenvalue weighted by Crippen LogP contribution is -2.39. The van der Waals surface area contributed by atoms with Crippen LogP contribution in [0.4, 0.5) is 11.4 Å². The Morgan fingerprint density at radius 2 is 1.58 bits per heavy atom. The van der Waals surface area contributed by atoms with Gasteiger partial charge < -0.3 is 19.4 Å². The number of hydrogen-bond donors (Lipinski definition) is 1. The molecule has 0 aliphatic carbocycles. The first-order chi connectivity index (χ1) is 14.8. The van der Waals surface area contributed by atoms with Gasteiger partial charge in [0.25, 0.3) is 5.91 Å². The van der Waals surface area contributed by atoms with E-state index < -0.39 is 11.1 Å². The Labute approximate surface area is 180 Å². The summed E-state index contributed by atoms with van der Waals surface area (Å²) >= 11 is 0. The molecule has 0 radical (unpaired) electrons. The summed E-state index contributed by atoms with van der Waals surface area (Å²) in [5, 5.41) is 3.05. The van der Waals surface area contributed by atoms with Crippen LogP contribution < -0.4 is 21.3 Å². The fourth-order valence-corrected chi connectivity index (χ4v) is 4.20. The molecule has 7 heteroatoms. The van der Waals surface area contributed by atoms with Crippen LogP contribution in [-0.2, 0) is 14.1 Å². The van der Waals surface area contributed by atoms with Gasteiger partial charge in [0.2, 0.25) is 0 Å².